The standard InChI is InChI=1S/C11H22O2Si/c1-5-10(11-9-12-11)13-14(6-2,7-3)8-4/h5,11H,6-9H2,1-4H3/b10-5+/t11-/m0/s1. The van der Waals surface area contributed by atoms with Gasteiger partial charge in [0.2, 0.25) is 8.32 Å². The quantitative estimate of drug-likeness (QED) is 0.384. The van der Waals surface area contributed by atoms with Crippen molar-refractivity contribution in [2.24, 2.45) is 0 Å². The van der Waals surface area contributed by atoms with E-state index in [9.17, 15) is 0 Å². The average molecular weight is 214 g/mol. The summed E-state index contributed by atoms with van der Waals surface area (Å²) >= 11 is 0. The molecule has 0 radical (unpaired) electrons. The molecule has 3 heteroatoms. The molecule has 0 N–H and O–H groups in total. The van der Waals surface area contributed by atoms with Crippen molar-refractivity contribution in [3.63, 3.8) is 0 Å². The highest BCUT2D eigenvalue weighted by atomic mass is 28.4. The summed E-state index contributed by atoms with van der Waals surface area (Å²) in [6, 6.07) is 3.60. The molecule has 1 saturated heterocycles. The summed E-state index contributed by atoms with van der Waals surface area (Å²) in [6.07, 6.45) is 2.34. The molecule has 0 spiro atoms. The Morgan fingerprint density at radius 1 is 1.36 bits per heavy atom. The summed E-state index contributed by atoms with van der Waals surface area (Å²) < 4.78 is 11.5. The molecule has 82 valence electrons. The molecule has 0 saturated carbocycles. The topological polar surface area (TPSA) is 21.8 Å². The summed E-state index contributed by atoms with van der Waals surface area (Å²) in [5.74, 6) is 1.09. The third kappa shape index (κ3) is 2.61. The van der Waals surface area contributed by atoms with Crippen LogP contribution < -0.4 is 0 Å². The lowest BCUT2D eigenvalue weighted by Gasteiger charge is -2.29. The van der Waals surface area contributed by atoms with Crippen molar-refractivity contribution < 1.29 is 9.16 Å². The van der Waals surface area contributed by atoms with E-state index < -0.39 is 8.32 Å². The molecule has 1 atom stereocenters. The maximum Gasteiger partial charge on any atom is 0.250 e. The molecule has 1 heterocycles. The van der Waals surface area contributed by atoms with Gasteiger partial charge in [0.05, 0.1) is 6.61 Å². The Morgan fingerprint density at radius 3 is 2.14 bits per heavy atom. The lowest BCUT2D eigenvalue weighted by atomic mass is 10.4. The molecular formula is C11H22O2Si. The van der Waals surface area contributed by atoms with Gasteiger partial charge in [0.25, 0.3) is 0 Å². The zero-order chi connectivity index (χ0) is 10.6. The highest BCUT2D eigenvalue weighted by Crippen LogP contribution is 2.29. The van der Waals surface area contributed by atoms with Crippen LogP contribution in [0, 0.1) is 0 Å². The minimum Gasteiger partial charge on any atom is -0.545 e. The number of hydrogen-bond donors (Lipinski definition) is 0. The SMILES string of the molecule is C/C=C(/O[Si](CC)(CC)CC)[C@@H]1CO1. The zero-order valence-electron chi connectivity index (χ0n) is 9.80. The molecule has 1 aliphatic rings. The molecule has 14 heavy (non-hydrogen) atoms. The van der Waals surface area contributed by atoms with Gasteiger partial charge in [0.1, 0.15) is 11.9 Å². The van der Waals surface area contributed by atoms with Crippen LogP contribution in [-0.2, 0) is 9.16 Å². The van der Waals surface area contributed by atoms with Crippen LogP contribution in [0.15, 0.2) is 11.8 Å². The minimum atomic E-state index is -1.47. The molecule has 0 aromatic carbocycles. The molecule has 1 rings (SSSR count). The summed E-state index contributed by atoms with van der Waals surface area (Å²) in [5, 5.41) is 0. The first-order valence-electron chi connectivity index (χ1n) is 5.68. The van der Waals surface area contributed by atoms with Crippen molar-refractivity contribution in [1.82, 2.24) is 0 Å². The summed E-state index contributed by atoms with van der Waals surface area (Å²) in [6.45, 7) is 9.64. The maximum absolute atomic E-state index is 6.23. The smallest absolute Gasteiger partial charge is 0.250 e. The highest BCUT2D eigenvalue weighted by molar-refractivity contribution is 6.73. The Bertz CT molecular complexity index is 197. The van der Waals surface area contributed by atoms with Crippen molar-refractivity contribution >= 4 is 8.32 Å². The van der Waals surface area contributed by atoms with E-state index in [4.69, 9.17) is 9.16 Å². The first kappa shape index (κ1) is 11.8. The second-order valence-electron chi connectivity index (χ2n) is 3.86. The van der Waals surface area contributed by atoms with Gasteiger partial charge in [-0.2, -0.15) is 0 Å². The fourth-order valence-electron chi connectivity index (χ4n) is 1.74. The van der Waals surface area contributed by atoms with Crippen LogP contribution in [0.2, 0.25) is 18.1 Å². The predicted octanol–water partition coefficient (Wildman–Crippen LogP) is 3.31. The Hall–Kier alpha value is -0.283. The first-order chi connectivity index (χ1) is 6.71. The van der Waals surface area contributed by atoms with E-state index in [1.54, 1.807) is 0 Å². The third-order valence-corrected chi connectivity index (χ3v) is 7.74. The zero-order valence-corrected chi connectivity index (χ0v) is 10.8. The molecule has 0 unspecified atom stereocenters. The second kappa shape index (κ2) is 4.98. The number of allylic oxidation sites excluding steroid dienone is 1. The fourth-order valence-corrected chi connectivity index (χ4v) is 4.42. The minimum absolute atomic E-state index is 0.275. The monoisotopic (exact) mass is 214 g/mol. The van der Waals surface area contributed by atoms with Gasteiger partial charge in [-0.1, -0.05) is 20.8 Å². The molecular weight excluding hydrogens is 192 g/mol. The molecule has 1 fully saturated rings. The Morgan fingerprint density at radius 2 is 1.86 bits per heavy atom. The van der Waals surface area contributed by atoms with Gasteiger partial charge in [-0.15, -0.1) is 0 Å². The molecule has 0 aromatic heterocycles. The van der Waals surface area contributed by atoms with E-state index in [2.05, 4.69) is 26.8 Å². The predicted molar refractivity (Wildman–Crippen MR) is 61.8 cm³/mol. The van der Waals surface area contributed by atoms with Crippen molar-refractivity contribution in [3.8, 4) is 0 Å². The van der Waals surface area contributed by atoms with E-state index in [-0.39, 0.29) is 6.10 Å². The number of hydrogen-bond acceptors (Lipinski definition) is 2. The van der Waals surface area contributed by atoms with Crippen LogP contribution in [0.25, 0.3) is 0 Å². The molecule has 0 amide bonds. The molecule has 1 aliphatic heterocycles. The van der Waals surface area contributed by atoms with Crippen molar-refractivity contribution in [2.45, 2.75) is 51.9 Å². The van der Waals surface area contributed by atoms with Gasteiger partial charge in [-0.25, -0.2) is 0 Å². The Kier molecular flexibility index (Phi) is 4.20. The van der Waals surface area contributed by atoms with E-state index in [1.807, 2.05) is 6.92 Å². The van der Waals surface area contributed by atoms with Gasteiger partial charge >= 0.3 is 0 Å². The van der Waals surface area contributed by atoms with Gasteiger partial charge < -0.3 is 9.16 Å². The van der Waals surface area contributed by atoms with E-state index >= 15 is 0 Å². The van der Waals surface area contributed by atoms with Crippen LogP contribution >= 0.6 is 0 Å². The molecule has 0 aromatic rings. The summed E-state index contributed by atoms with van der Waals surface area (Å²) in [4.78, 5) is 0. The van der Waals surface area contributed by atoms with Crippen molar-refractivity contribution in [2.75, 3.05) is 6.61 Å². The van der Waals surface area contributed by atoms with E-state index in [0.717, 1.165) is 12.4 Å². The van der Waals surface area contributed by atoms with Crippen molar-refractivity contribution in [3.05, 3.63) is 11.8 Å². The van der Waals surface area contributed by atoms with E-state index in [1.165, 1.54) is 18.1 Å². The molecule has 2 nitrogen and oxygen atoms in total. The number of rotatable bonds is 6. The summed E-state index contributed by atoms with van der Waals surface area (Å²) in [7, 11) is -1.47. The fraction of sp³-hybridized carbons (Fsp3) is 0.818. The van der Waals surface area contributed by atoms with E-state index in [0.29, 0.717) is 0 Å². The number of ether oxygens (including phenoxy) is 1. The van der Waals surface area contributed by atoms with Gasteiger partial charge in [0.15, 0.2) is 0 Å². The van der Waals surface area contributed by atoms with Crippen LogP contribution in [0.5, 0.6) is 0 Å². The van der Waals surface area contributed by atoms with Crippen LogP contribution in [0.3, 0.4) is 0 Å². The number of epoxide rings is 1. The molecule has 0 aliphatic carbocycles. The highest BCUT2D eigenvalue weighted by Gasteiger charge is 2.36. The van der Waals surface area contributed by atoms with Crippen LogP contribution in [0.4, 0.5) is 0 Å². The Labute approximate surface area is 88.4 Å². The van der Waals surface area contributed by atoms with Crippen LogP contribution in [0.1, 0.15) is 27.7 Å². The Balaban J connectivity index is 2.61. The maximum atomic E-state index is 6.23. The van der Waals surface area contributed by atoms with Gasteiger partial charge in [-0.3, -0.25) is 0 Å². The van der Waals surface area contributed by atoms with Crippen LogP contribution in [-0.4, -0.2) is 21.0 Å². The third-order valence-electron chi connectivity index (χ3n) is 3.20. The first-order valence-corrected chi connectivity index (χ1v) is 8.21. The largest absolute Gasteiger partial charge is 0.545 e. The summed E-state index contributed by atoms with van der Waals surface area (Å²) in [5.41, 5.74) is 0. The normalized spacial score (nSPS) is 22.3. The lowest BCUT2D eigenvalue weighted by Crippen LogP contribution is -2.36. The van der Waals surface area contributed by atoms with Gasteiger partial charge in [0, 0.05) is 0 Å². The van der Waals surface area contributed by atoms with Gasteiger partial charge in [-0.05, 0) is 31.1 Å². The second-order valence-corrected chi connectivity index (χ2v) is 8.55. The average Bonchev–Trinajstić information content (AvgIpc) is 3.05. The lowest BCUT2D eigenvalue weighted by molar-refractivity contribution is 0.326. The van der Waals surface area contributed by atoms with Crippen molar-refractivity contribution in [1.29, 1.82) is 0 Å². The molecule has 0 bridgehead atoms.